The van der Waals surface area contributed by atoms with Crippen molar-refractivity contribution in [2.45, 2.75) is 129 Å². The molecule has 0 radical (unpaired) electrons. The number of aromatic nitrogens is 3. The monoisotopic (exact) mass is 1240 g/mol. The Kier molecular flexibility index (Phi) is 23.4. The summed E-state index contributed by atoms with van der Waals surface area (Å²) in [5, 5.41) is 32.9. The fraction of sp³-hybridized carbons (Fsp3) is 0.359. The van der Waals surface area contributed by atoms with Crippen molar-refractivity contribution in [3.05, 3.63) is 155 Å². The van der Waals surface area contributed by atoms with Gasteiger partial charge >= 0.3 is 6.18 Å². The highest BCUT2D eigenvalue weighted by atomic mass is 32.1. The first-order valence-electron chi connectivity index (χ1n) is 29.0. The lowest BCUT2D eigenvalue weighted by atomic mass is 9.85. The second kappa shape index (κ2) is 31.0. The van der Waals surface area contributed by atoms with Crippen LogP contribution in [0.5, 0.6) is 0 Å². The third-order valence-electron chi connectivity index (χ3n) is 14.6. The number of thiazole rings is 1. The molecule has 8 amide bonds. The lowest BCUT2D eigenvalue weighted by molar-refractivity contribution is -0.144. The number of rotatable bonds is 27. The number of likely N-dealkylation sites (tertiary alicyclic amines) is 1. The van der Waals surface area contributed by atoms with Crippen molar-refractivity contribution in [3.63, 3.8) is 0 Å². The Labute approximate surface area is 517 Å². The van der Waals surface area contributed by atoms with E-state index in [9.17, 15) is 56.6 Å². The highest BCUT2D eigenvalue weighted by molar-refractivity contribution is 7.13. The number of amides is 8. The second-order valence-corrected chi connectivity index (χ2v) is 23.5. The molecule has 3 heterocycles. The number of anilines is 5. The molecule has 1 aliphatic rings. The van der Waals surface area contributed by atoms with Gasteiger partial charge in [0.15, 0.2) is 0 Å². The summed E-state index contributed by atoms with van der Waals surface area (Å²) in [6, 6.07) is 19.8. The van der Waals surface area contributed by atoms with Gasteiger partial charge in [0.2, 0.25) is 41.4 Å². The van der Waals surface area contributed by atoms with Gasteiger partial charge in [-0.05, 0) is 110 Å². The maximum atomic E-state index is 14.1. The number of carbonyl (C=O) groups excluding carboxylic acids is 8. The predicted molar refractivity (Wildman–Crippen MR) is 333 cm³/mol. The first kappa shape index (κ1) is 67.2. The van der Waals surface area contributed by atoms with E-state index in [0.29, 0.717) is 36.3 Å². The molecule has 0 saturated carbocycles. The molecular formula is C64H73F3N12O9S. The smallest absolute Gasteiger partial charge is 0.391 e. The summed E-state index contributed by atoms with van der Waals surface area (Å²) < 4.78 is 39.7. The Morgan fingerprint density at radius 1 is 0.742 bits per heavy atom. The van der Waals surface area contributed by atoms with Gasteiger partial charge in [-0.1, -0.05) is 89.1 Å². The van der Waals surface area contributed by atoms with Crippen molar-refractivity contribution in [3.8, 4) is 10.4 Å². The van der Waals surface area contributed by atoms with E-state index in [0.717, 1.165) is 65.2 Å². The SMILES string of the molecule is C=CC(=O)N[C@@H](CCC(=O)NCCCCCCCC(=O)N[C@H](C(=O)N1C[C@H](O)C[C@H]1C(=O)NCc1ccc(-c2scnc2C)cc1)C(C)(C)C)C(=O)Nc1cccc(Nc2ncc(NC(=O)c3cc(NC(=O)c4cccc(C(F)(F)F)c4)ccc3C)cn2)c1. The number of benzene rings is 4. The molecular weight excluding hydrogens is 1170 g/mol. The number of carbonyl (C=O) groups is 8. The minimum absolute atomic E-state index is 0.0265. The fourth-order valence-electron chi connectivity index (χ4n) is 9.72. The summed E-state index contributed by atoms with van der Waals surface area (Å²) >= 11 is 1.55. The van der Waals surface area contributed by atoms with Crippen LogP contribution >= 0.6 is 11.3 Å². The summed E-state index contributed by atoms with van der Waals surface area (Å²) in [7, 11) is 0. The molecule has 0 spiro atoms. The van der Waals surface area contributed by atoms with Gasteiger partial charge in [-0.3, -0.25) is 38.4 Å². The van der Waals surface area contributed by atoms with Crippen LogP contribution in [0, 0.1) is 19.3 Å². The molecule has 1 saturated heterocycles. The molecule has 4 aromatic carbocycles. The third kappa shape index (κ3) is 19.8. The highest BCUT2D eigenvalue weighted by Gasteiger charge is 2.44. The van der Waals surface area contributed by atoms with Crippen molar-refractivity contribution in [1.82, 2.24) is 41.1 Å². The largest absolute Gasteiger partial charge is 0.416 e. The van der Waals surface area contributed by atoms with Crippen molar-refractivity contribution in [2.24, 2.45) is 5.41 Å². The third-order valence-corrected chi connectivity index (χ3v) is 15.6. The average molecular weight is 1240 g/mol. The number of hydrogen-bond donors (Lipinski definition) is 9. The second-order valence-electron chi connectivity index (χ2n) is 22.6. The molecule has 6 aromatic rings. The fourth-order valence-corrected chi connectivity index (χ4v) is 10.5. The number of unbranched alkanes of at least 4 members (excludes halogenated alkanes) is 4. The average Bonchev–Trinajstić information content (AvgIpc) is 3.39. The molecule has 0 unspecified atom stereocenters. The normalized spacial score (nSPS) is 14.6. The number of nitrogens with zero attached hydrogens (tertiary/aromatic N) is 4. The van der Waals surface area contributed by atoms with Crippen LogP contribution in [0.4, 0.5) is 41.9 Å². The minimum Gasteiger partial charge on any atom is -0.391 e. The lowest BCUT2D eigenvalue weighted by Crippen LogP contribution is -2.57. The molecule has 89 heavy (non-hydrogen) atoms. The Balaban J connectivity index is 0.795. The van der Waals surface area contributed by atoms with Crippen molar-refractivity contribution >= 4 is 87.3 Å². The lowest BCUT2D eigenvalue weighted by Gasteiger charge is -2.35. The van der Waals surface area contributed by atoms with Crippen LogP contribution in [-0.4, -0.2) is 110 Å². The zero-order valence-electron chi connectivity index (χ0n) is 50.0. The number of aliphatic hydroxyl groups excluding tert-OH is 1. The van der Waals surface area contributed by atoms with Gasteiger partial charge in [-0.25, -0.2) is 15.0 Å². The maximum absolute atomic E-state index is 14.1. The molecule has 4 atom stereocenters. The first-order chi connectivity index (χ1) is 42.3. The van der Waals surface area contributed by atoms with Crippen LogP contribution < -0.4 is 42.5 Å². The summed E-state index contributed by atoms with van der Waals surface area (Å²) in [4.78, 5) is 121. The Morgan fingerprint density at radius 2 is 1.43 bits per heavy atom. The van der Waals surface area contributed by atoms with Crippen LogP contribution in [0.15, 0.2) is 122 Å². The molecule has 25 heteroatoms. The van der Waals surface area contributed by atoms with E-state index in [1.165, 1.54) is 35.5 Å². The zero-order valence-corrected chi connectivity index (χ0v) is 50.8. The number of nitrogens with one attached hydrogen (secondary N) is 8. The van der Waals surface area contributed by atoms with E-state index < -0.39 is 70.9 Å². The highest BCUT2D eigenvalue weighted by Crippen LogP contribution is 2.31. The Bertz CT molecular complexity index is 3520. The maximum Gasteiger partial charge on any atom is 0.416 e. The van der Waals surface area contributed by atoms with Crippen LogP contribution in [0.25, 0.3) is 10.4 Å². The molecule has 21 nitrogen and oxygen atoms in total. The van der Waals surface area contributed by atoms with Gasteiger partial charge in [0.1, 0.15) is 18.1 Å². The van der Waals surface area contributed by atoms with E-state index in [4.69, 9.17) is 0 Å². The van der Waals surface area contributed by atoms with E-state index in [2.05, 4.69) is 64.1 Å². The van der Waals surface area contributed by atoms with Gasteiger partial charge in [0.05, 0.1) is 45.8 Å². The summed E-state index contributed by atoms with van der Waals surface area (Å²) in [5.41, 5.74) is 4.66. The number of aryl methyl sites for hydroxylation is 2. The molecule has 1 fully saturated rings. The molecule has 470 valence electrons. The number of alkyl halides is 3. The molecule has 0 bridgehead atoms. The van der Waals surface area contributed by atoms with Gasteiger partial charge in [0, 0.05) is 67.1 Å². The topological polar surface area (TPSA) is 295 Å². The van der Waals surface area contributed by atoms with Gasteiger partial charge in [-0.15, -0.1) is 11.3 Å². The number of β-amino-alcohol motifs (C(OH)–C–C–N with tert-alkyl or cyclic N) is 1. The Hall–Kier alpha value is -9.36. The molecule has 1 aliphatic heterocycles. The molecule has 2 aromatic heterocycles. The van der Waals surface area contributed by atoms with Crippen molar-refractivity contribution in [2.75, 3.05) is 34.4 Å². The summed E-state index contributed by atoms with van der Waals surface area (Å²) in [6.45, 7) is 13.2. The first-order valence-corrected chi connectivity index (χ1v) is 29.9. The number of halogens is 3. The van der Waals surface area contributed by atoms with Crippen molar-refractivity contribution < 1.29 is 56.6 Å². The Morgan fingerprint density at radius 3 is 2.12 bits per heavy atom. The predicted octanol–water partition coefficient (Wildman–Crippen LogP) is 9.14. The van der Waals surface area contributed by atoms with Crippen molar-refractivity contribution in [1.29, 1.82) is 0 Å². The zero-order chi connectivity index (χ0) is 64.4. The van der Waals surface area contributed by atoms with Crippen LogP contribution in [0.2, 0.25) is 0 Å². The van der Waals surface area contributed by atoms with Crippen LogP contribution in [-0.2, 0) is 41.5 Å². The van der Waals surface area contributed by atoms with Crippen LogP contribution in [0.1, 0.15) is 122 Å². The minimum atomic E-state index is -4.63. The van der Waals surface area contributed by atoms with Gasteiger partial charge in [-0.2, -0.15) is 13.2 Å². The molecule has 9 N–H and O–H groups in total. The standard InChI is InChI=1S/C64H73F3N12O9S/c1-7-52(81)77-50(59(86)74-44-17-14-18-45(30-44)76-62-70-34-47(35-71-62)75-58(85)49-31-46(25-20-38(49)2)73-57(84)42-15-13-16-43(29-42)64(65,66)67)26-27-53(82)68-28-12-10-8-9-11-19-54(83)78-56(63(4,5)6)61(88)79-36-48(80)32-51(79)60(87)69-33-40-21-23-41(24-22-40)55-39(3)72-37-89-55/h7,13-18,20-25,29-31,34-35,37,48,50-51,56,80H,1,8-12,19,26-28,32-33,36H2,2-6H3,(H,68,82)(H,69,87)(H,73,84)(H,74,86)(H,75,85)(H,77,81)(H,78,83)(H,70,71,76)/t48-,50+,51+,56-/m1/s1. The molecule has 0 aliphatic carbocycles. The summed E-state index contributed by atoms with van der Waals surface area (Å²) in [6.07, 6.45) is 1.79. The molecule has 7 rings (SSSR count). The van der Waals surface area contributed by atoms with E-state index in [1.807, 2.05) is 52.0 Å². The van der Waals surface area contributed by atoms with Gasteiger partial charge < -0.3 is 52.5 Å². The number of hydrogen-bond acceptors (Lipinski definition) is 14. The van der Waals surface area contributed by atoms with E-state index >= 15 is 0 Å². The van der Waals surface area contributed by atoms with E-state index in [1.54, 1.807) is 54.1 Å². The quantitative estimate of drug-likeness (QED) is 0.0172. The number of aliphatic hydroxyl groups is 1. The van der Waals surface area contributed by atoms with E-state index in [-0.39, 0.29) is 84.9 Å². The van der Waals surface area contributed by atoms with Gasteiger partial charge in [0.25, 0.3) is 11.8 Å². The summed E-state index contributed by atoms with van der Waals surface area (Å²) in [5.74, 6) is -3.90. The van der Waals surface area contributed by atoms with Crippen LogP contribution in [0.3, 0.4) is 0 Å².